The van der Waals surface area contributed by atoms with Gasteiger partial charge in [0, 0.05) is 18.1 Å². The summed E-state index contributed by atoms with van der Waals surface area (Å²) in [4.78, 5) is 29.0. The first-order chi connectivity index (χ1) is 11.0. The molecule has 0 aliphatic heterocycles. The Morgan fingerprint density at radius 3 is 2.83 bits per heavy atom. The zero-order valence-corrected chi connectivity index (χ0v) is 13.9. The maximum Gasteiger partial charge on any atom is 0.333 e. The van der Waals surface area contributed by atoms with E-state index >= 15 is 0 Å². The van der Waals surface area contributed by atoms with Crippen LogP contribution in [0.3, 0.4) is 0 Å². The zero-order chi connectivity index (χ0) is 16.6. The van der Waals surface area contributed by atoms with Crippen LogP contribution in [0.25, 0.3) is 11.2 Å². The van der Waals surface area contributed by atoms with Crippen LogP contribution in [0.5, 0.6) is 0 Å². The normalized spacial score (nSPS) is 10.8. The van der Waals surface area contributed by atoms with Crippen molar-refractivity contribution < 1.29 is 0 Å². The summed E-state index contributed by atoms with van der Waals surface area (Å²) >= 11 is 3.43. The molecule has 0 amide bonds. The SMILES string of the molecule is C#CCn1c(=O)c2c(ncn2Cc2cccc(Br)c2)n(C)c1=O. The van der Waals surface area contributed by atoms with Crippen LogP contribution in [-0.4, -0.2) is 18.7 Å². The zero-order valence-electron chi connectivity index (χ0n) is 12.4. The maximum atomic E-state index is 12.6. The topological polar surface area (TPSA) is 61.8 Å². The molecule has 23 heavy (non-hydrogen) atoms. The Labute approximate surface area is 140 Å². The Hall–Kier alpha value is -2.59. The van der Waals surface area contributed by atoms with Crippen LogP contribution in [0.4, 0.5) is 0 Å². The maximum absolute atomic E-state index is 12.6. The van der Waals surface area contributed by atoms with Gasteiger partial charge in [0.05, 0.1) is 12.9 Å². The Kier molecular flexibility index (Phi) is 3.92. The van der Waals surface area contributed by atoms with E-state index in [9.17, 15) is 9.59 Å². The molecule has 6 nitrogen and oxygen atoms in total. The summed E-state index contributed by atoms with van der Waals surface area (Å²) in [7, 11) is 1.58. The second kappa shape index (κ2) is 5.89. The Morgan fingerprint density at radius 2 is 2.13 bits per heavy atom. The van der Waals surface area contributed by atoms with Gasteiger partial charge in [-0.25, -0.2) is 14.3 Å². The largest absolute Gasteiger partial charge is 0.333 e. The van der Waals surface area contributed by atoms with Crippen LogP contribution in [0, 0.1) is 12.3 Å². The van der Waals surface area contributed by atoms with Gasteiger partial charge < -0.3 is 4.57 Å². The van der Waals surface area contributed by atoms with Crippen LogP contribution >= 0.6 is 15.9 Å². The molecule has 2 heterocycles. The highest BCUT2D eigenvalue weighted by molar-refractivity contribution is 9.10. The number of hydrogen-bond donors (Lipinski definition) is 0. The van der Waals surface area contributed by atoms with Gasteiger partial charge in [0.15, 0.2) is 11.2 Å². The molecule has 116 valence electrons. The van der Waals surface area contributed by atoms with Crippen molar-refractivity contribution in [3.05, 3.63) is 61.5 Å². The molecule has 0 radical (unpaired) electrons. The first-order valence-electron chi connectivity index (χ1n) is 6.85. The van der Waals surface area contributed by atoms with Gasteiger partial charge in [-0.2, -0.15) is 0 Å². The third kappa shape index (κ3) is 2.62. The van der Waals surface area contributed by atoms with Crippen LogP contribution in [0.15, 0.2) is 44.7 Å². The van der Waals surface area contributed by atoms with E-state index in [-0.39, 0.29) is 6.54 Å². The molecule has 0 spiro atoms. The molecule has 0 saturated carbocycles. The van der Waals surface area contributed by atoms with Crippen LogP contribution in [-0.2, 0) is 20.1 Å². The van der Waals surface area contributed by atoms with Gasteiger partial charge in [0.25, 0.3) is 5.56 Å². The fourth-order valence-electron chi connectivity index (χ4n) is 2.50. The minimum Gasteiger partial charge on any atom is -0.320 e. The summed E-state index contributed by atoms with van der Waals surface area (Å²) in [5.74, 6) is 2.34. The predicted molar refractivity (Wildman–Crippen MR) is 91.3 cm³/mol. The van der Waals surface area contributed by atoms with Gasteiger partial charge in [-0.1, -0.05) is 34.0 Å². The molecule has 3 rings (SSSR count). The number of halogens is 1. The van der Waals surface area contributed by atoms with E-state index < -0.39 is 11.2 Å². The van der Waals surface area contributed by atoms with E-state index in [1.165, 1.54) is 4.57 Å². The van der Waals surface area contributed by atoms with E-state index in [4.69, 9.17) is 6.42 Å². The molecule has 7 heteroatoms. The monoisotopic (exact) mass is 372 g/mol. The molecule has 0 bridgehead atoms. The van der Waals surface area contributed by atoms with Gasteiger partial charge in [0.1, 0.15) is 0 Å². The van der Waals surface area contributed by atoms with E-state index in [0.717, 1.165) is 14.6 Å². The number of aryl methyl sites for hydroxylation is 1. The van der Waals surface area contributed by atoms with Crippen molar-refractivity contribution in [1.29, 1.82) is 0 Å². The number of terminal acetylenes is 1. The summed E-state index contributed by atoms with van der Waals surface area (Å²) in [5, 5.41) is 0. The molecule has 1 aromatic carbocycles. The molecule has 2 aromatic heterocycles. The summed E-state index contributed by atoms with van der Waals surface area (Å²) in [6, 6.07) is 7.77. The lowest BCUT2D eigenvalue weighted by atomic mass is 10.2. The first kappa shape index (κ1) is 15.3. The molecule has 0 atom stereocenters. The smallest absolute Gasteiger partial charge is 0.320 e. The van der Waals surface area contributed by atoms with Crippen molar-refractivity contribution in [3.63, 3.8) is 0 Å². The number of benzene rings is 1. The number of nitrogens with zero attached hydrogens (tertiary/aromatic N) is 4. The number of imidazole rings is 1. The quantitative estimate of drug-likeness (QED) is 0.651. The average Bonchev–Trinajstić information content (AvgIpc) is 2.93. The minimum atomic E-state index is -0.465. The van der Waals surface area contributed by atoms with Crippen LogP contribution < -0.4 is 11.2 Å². The minimum absolute atomic E-state index is 0.0660. The lowest BCUT2D eigenvalue weighted by Crippen LogP contribution is -2.39. The summed E-state index contributed by atoms with van der Waals surface area (Å²) in [6.45, 7) is 0.406. The third-order valence-corrected chi connectivity index (χ3v) is 4.09. The fraction of sp³-hybridized carbons (Fsp3) is 0.188. The molecule has 0 unspecified atom stereocenters. The van der Waals surface area contributed by atoms with Crippen molar-refractivity contribution in [2.45, 2.75) is 13.1 Å². The van der Waals surface area contributed by atoms with E-state index in [1.54, 1.807) is 17.9 Å². The highest BCUT2D eigenvalue weighted by atomic mass is 79.9. The van der Waals surface area contributed by atoms with E-state index in [0.29, 0.717) is 17.7 Å². The Balaban J connectivity index is 2.22. The second-order valence-corrected chi connectivity index (χ2v) is 6.03. The Morgan fingerprint density at radius 1 is 1.35 bits per heavy atom. The molecule has 0 aliphatic carbocycles. The standard InChI is InChI=1S/C16H13BrN4O2/c1-3-7-21-15(22)13-14(19(2)16(21)23)18-10-20(13)9-11-5-4-6-12(17)8-11/h1,4-6,8,10H,7,9H2,2H3. The van der Waals surface area contributed by atoms with Crippen molar-refractivity contribution in [2.24, 2.45) is 7.05 Å². The summed E-state index contributed by atoms with van der Waals surface area (Å²) in [6.07, 6.45) is 6.82. The van der Waals surface area contributed by atoms with E-state index in [2.05, 4.69) is 26.8 Å². The van der Waals surface area contributed by atoms with Crippen molar-refractivity contribution in [3.8, 4) is 12.3 Å². The van der Waals surface area contributed by atoms with Crippen molar-refractivity contribution in [2.75, 3.05) is 0 Å². The molecule has 0 aliphatic rings. The third-order valence-electron chi connectivity index (χ3n) is 3.59. The molecular formula is C16H13BrN4O2. The van der Waals surface area contributed by atoms with Gasteiger partial charge in [-0.3, -0.25) is 9.36 Å². The van der Waals surface area contributed by atoms with Gasteiger partial charge in [-0.15, -0.1) is 6.42 Å². The summed E-state index contributed by atoms with van der Waals surface area (Å²) < 4.78 is 5.07. The lowest BCUT2D eigenvalue weighted by Gasteiger charge is -2.08. The first-order valence-corrected chi connectivity index (χ1v) is 7.65. The number of fused-ring (bicyclic) bond motifs is 1. The molecule has 0 saturated heterocycles. The van der Waals surface area contributed by atoms with Crippen molar-refractivity contribution >= 4 is 27.1 Å². The highest BCUT2D eigenvalue weighted by Crippen LogP contribution is 2.14. The average molecular weight is 373 g/mol. The molecular weight excluding hydrogens is 360 g/mol. The Bertz CT molecular complexity index is 1050. The second-order valence-electron chi connectivity index (χ2n) is 5.11. The van der Waals surface area contributed by atoms with Crippen molar-refractivity contribution in [1.82, 2.24) is 18.7 Å². The summed E-state index contributed by atoms with van der Waals surface area (Å²) in [5.41, 5.74) is 0.836. The lowest BCUT2D eigenvalue weighted by molar-refractivity contribution is 0.672. The number of aromatic nitrogens is 4. The number of rotatable bonds is 3. The van der Waals surface area contributed by atoms with Gasteiger partial charge in [0.2, 0.25) is 0 Å². The predicted octanol–water partition coefficient (Wildman–Crippen LogP) is 1.34. The van der Waals surface area contributed by atoms with E-state index in [1.807, 2.05) is 24.3 Å². The molecule has 0 N–H and O–H groups in total. The van der Waals surface area contributed by atoms with Gasteiger partial charge in [-0.05, 0) is 17.7 Å². The van der Waals surface area contributed by atoms with Crippen LogP contribution in [0.2, 0.25) is 0 Å². The van der Waals surface area contributed by atoms with Crippen LogP contribution in [0.1, 0.15) is 5.56 Å². The number of hydrogen-bond acceptors (Lipinski definition) is 3. The highest BCUT2D eigenvalue weighted by Gasteiger charge is 2.15. The molecule has 3 aromatic rings. The van der Waals surface area contributed by atoms with Gasteiger partial charge >= 0.3 is 5.69 Å². The molecule has 0 fully saturated rings. The fourth-order valence-corrected chi connectivity index (χ4v) is 2.95.